The van der Waals surface area contributed by atoms with Gasteiger partial charge in [-0.15, -0.1) is 0 Å². The number of pyridine rings is 1. The summed E-state index contributed by atoms with van der Waals surface area (Å²) in [5, 5.41) is 3.81. The maximum atomic E-state index is 12.3. The Morgan fingerprint density at radius 2 is 1.87 bits per heavy atom. The van der Waals surface area contributed by atoms with Gasteiger partial charge in [-0.1, -0.05) is 49.6 Å². The summed E-state index contributed by atoms with van der Waals surface area (Å²) in [6.07, 6.45) is 9.17. The number of aromatic nitrogens is 1. The number of carbonyl (C=O) groups is 1. The Balaban J connectivity index is 1.45. The van der Waals surface area contributed by atoms with Crippen molar-refractivity contribution in [1.29, 1.82) is 0 Å². The second-order valence-corrected chi connectivity index (χ2v) is 9.27. The highest BCUT2D eigenvalue weighted by molar-refractivity contribution is 7.92. The van der Waals surface area contributed by atoms with Crippen LogP contribution in [0.5, 0.6) is 5.75 Å². The number of benzene rings is 1. The fraction of sp³-hybridized carbons (Fsp3) is 0.391. The van der Waals surface area contributed by atoms with E-state index in [0.717, 1.165) is 11.0 Å². The van der Waals surface area contributed by atoms with Crippen LogP contribution in [-0.2, 0) is 14.8 Å². The van der Waals surface area contributed by atoms with Gasteiger partial charge in [-0.3, -0.25) is 4.79 Å². The smallest absolute Gasteiger partial charge is 0.233 e. The highest BCUT2D eigenvalue weighted by Gasteiger charge is 2.16. The van der Waals surface area contributed by atoms with Crippen molar-refractivity contribution in [1.82, 2.24) is 9.71 Å². The average Bonchev–Trinajstić information content (AvgIpc) is 2.78. The normalized spacial score (nSPS) is 15.1. The van der Waals surface area contributed by atoms with Gasteiger partial charge in [0.05, 0.1) is 6.61 Å². The third-order valence-corrected chi connectivity index (χ3v) is 6.22. The molecule has 0 bridgehead atoms. The van der Waals surface area contributed by atoms with E-state index in [9.17, 15) is 13.2 Å². The zero-order chi connectivity index (χ0) is 21.9. The summed E-state index contributed by atoms with van der Waals surface area (Å²) in [6, 6.07) is 12.7. The molecular weight excluding hydrogens is 414 g/mol. The first-order valence-corrected chi connectivity index (χ1v) is 12.2. The summed E-state index contributed by atoms with van der Waals surface area (Å²) in [6.45, 7) is 0.598. The molecule has 31 heavy (non-hydrogen) atoms. The van der Waals surface area contributed by atoms with Gasteiger partial charge >= 0.3 is 0 Å². The summed E-state index contributed by atoms with van der Waals surface area (Å²) in [4.78, 5) is 16.5. The van der Waals surface area contributed by atoms with Crippen molar-refractivity contribution in [2.45, 2.75) is 38.5 Å². The van der Waals surface area contributed by atoms with Gasteiger partial charge in [0, 0.05) is 24.6 Å². The largest absolute Gasteiger partial charge is 0.489 e. The average molecular weight is 444 g/mol. The highest BCUT2D eigenvalue weighted by Crippen LogP contribution is 2.27. The third kappa shape index (κ3) is 8.15. The Hall–Kier alpha value is -2.71. The zero-order valence-electron chi connectivity index (χ0n) is 17.5. The minimum atomic E-state index is -3.63. The van der Waals surface area contributed by atoms with Crippen LogP contribution in [0, 0.1) is 5.92 Å². The molecule has 0 aliphatic heterocycles. The van der Waals surface area contributed by atoms with Gasteiger partial charge in [0.15, 0.2) is 11.6 Å². The lowest BCUT2D eigenvalue weighted by molar-refractivity contribution is -0.116. The number of anilines is 1. The second-order valence-electron chi connectivity index (χ2n) is 7.62. The maximum absolute atomic E-state index is 12.3. The van der Waals surface area contributed by atoms with Crippen LogP contribution >= 0.6 is 0 Å². The number of nitrogens with zero attached hydrogens (tertiary/aromatic N) is 1. The summed E-state index contributed by atoms with van der Waals surface area (Å²) >= 11 is 0. The van der Waals surface area contributed by atoms with Crippen molar-refractivity contribution in [2.24, 2.45) is 5.92 Å². The molecule has 3 rings (SSSR count). The number of hydrogen-bond acceptors (Lipinski definition) is 5. The molecule has 0 radical (unpaired) electrons. The number of nitrogens with one attached hydrogen (secondary N) is 2. The monoisotopic (exact) mass is 443 g/mol. The zero-order valence-corrected chi connectivity index (χ0v) is 18.3. The molecule has 8 heteroatoms. The lowest BCUT2D eigenvalue weighted by atomic mass is 9.90. The molecule has 7 nitrogen and oxygen atoms in total. The Labute approximate surface area is 184 Å². The Morgan fingerprint density at radius 3 is 2.65 bits per heavy atom. The molecule has 2 aromatic rings. The van der Waals surface area contributed by atoms with Crippen molar-refractivity contribution in [3.05, 3.63) is 59.6 Å². The molecule has 0 saturated heterocycles. The van der Waals surface area contributed by atoms with Crippen LogP contribution in [0.3, 0.4) is 0 Å². The van der Waals surface area contributed by atoms with Crippen molar-refractivity contribution in [2.75, 3.05) is 18.5 Å². The molecule has 1 aromatic carbocycles. The van der Waals surface area contributed by atoms with Crippen LogP contribution in [-0.4, -0.2) is 32.5 Å². The van der Waals surface area contributed by atoms with E-state index in [-0.39, 0.29) is 18.9 Å². The molecule has 1 fully saturated rings. The second kappa shape index (κ2) is 11.6. The van der Waals surface area contributed by atoms with Gasteiger partial charge in [0.25, 0.3) is 0 Å². The van der Waals surface area contributed by atoms with Crippen LogP contribution < -0.4 is 14.8 Å². The Kier molecular flexibility index (Phi) is 8.61. The molecule has 0 atom stereocenters. The number of carbonyl (C=O) groups excluding carboxylic acids is 1. The van der Waals surface area contributed by atoms with Gasteiger partial charge in [-0.05, 0) is 42.5 Å². The van der Waals surface area contributed by atoms with E-state index < -0.39 is 10.0 Å². The number of sulfonamides is 1. The van der Waals surface area contributed by atoms with E-state index in [0.29, 0.717) is 24.1 Å². The SMILES string of the molecule is O=C(CCNS(=O)(=O)/C=C/c1ccccc1)Nc1ncccc1OCC1CCCCC1. The van der Waals surface area contributed by atoms with Gasteiger partial charge in [0.2, 0.25) is 15.9 Å². The van der Waals surface area contributed by atoms with Gasteiger partial charge in [0.1, 0.15) is 0 Å². The van der Waals surface area contributed by atoms with Gasteiger partial charge in [-0.2, -0.15) is 0 Å². The van der Waals surface area contributed by atoms with Crippen LogP contribution in [0.1, 0.15) is 44.1 Å². The molecule has 1 heterocycles. The van der Waals surface area contributed by atoms with E-state index >= 15 is 0 Å². The molecule has 0 unspecified atom stereocenters. The molecule has 0 spiro atoms. The van der Waals surface area contributed by atoms with Crippen LogP contribution in [0.4, 0.5) is 5.82 Å². The number of hydrogen-bond donors (Lipinski definition) is 2. The van der Waals surface area contributed by atoms with Crippen LogP contribution in [0.2, 0.25) is 0 Å². The van der Waals surface area contributed by atoms with Gasteiger partial charge < -0.3 is 10.1 Å². The first kappa shape index (κ1) is 23.0. The summed E-state index contributed by atoms with van der Waals surface area (Å²) < 4.78 is 32.5. The minimum Gasteiger partial charge on any atom is -0.489 e. The Bertz CT molecular complexity index is 971. The summed E-state index contributed by atoms with van der Waals surface area (Å²) in [5.41, 5.74) is 0.779. The first-order chi connectivity index (χ1) is 15.0. The van der Waals surface area contributed by atoms with Crippen molar-refractivity contribution in [3.63, 3.8) is 0 Å². The maximum Gasteiger partial charge on any atom is 0.233 e. The minimum absolute atomic E-state index is 0.0155. The van der Waals surface area contributed by atoms with E-state index in [1.807, 2.05) is 18.2 Å². The molecule has 166 valence electrons. The lowest BCUT2D eigenvalue weighted by Crippen LogP contribution is -2.26. The number of ether oxygens (including phenoxy) is 1. The molecule has 1 aliphatic carbocycles. The van der Waals surface area contributed by atoms with E-state index in [1.54, 1.807) is 30.5 Å². The summed E-state index contributed by atoms with van der Waals surface area (Å²) in [5.74, 6) is 1.09. The first-order valence-electron chi connectivity index (χ1n) is 10.6. The van der Waals surface area contributed by atoms with E-state index in [2.05, 4.69) is 15.0 Å². The van der Waals surface area contributed by atoms with Crippen molar-refractivity contribution >= 4 is 27.8 Å². The fourth-order valence-corrected chi connectivity index (χ4v) is 4.26. The predicted octanol–water partition coefficient (Wildman–Crippen LogP) is 3.96. The standard InChI is InChI=1S/C23H29N3O4S/c27-22(13-16-25-31(28,29)17-14-19-8-3-1-4-9-19)26-23-21(12-7-15-24-23)30-18-20-10-5-2-6-11-20/h1,3-4,7-9,12,14-15,17,20,25H,2,5-6,10-11,13,16,18H2,(H,24,26,27)/b17-14+. The molecule has 1 aliphatic rings. The topological polar surface area (TPSA) is 97.4 Å². The lowest BCUT2D eigenvalue weighted by Gasteiger charge is -2.22. The van der Waals surface area contributed by atoms with Crippen LogP contribution in [0.25, 0.3) is 6.08 Å². The van der Waals surface area contributed by atoms with Crippen LogP contribution in [0.15, 0.2) is 54.1 Å². The third-order valence-electron chi connectivity index (χ3n) is 5.12. The molecule has 1 saturated carbocycles. The summed E-state index contributed by atoms with van der Waals surface area (Å²) in [7, 11) is -3.63. The number of amides is 1. The van der Waals surface area contributed by atoms with E-state index in [1.165, 1.54) is 38.2 Å². The quantitative estimate of drug-likeness (QED) is 0.579. The number of rotatable bonds is 10. The highest BCUT2D eigenvalue weighted by atomic mass is 32.2. The van der Waals surface area contributed by atoms with Crippen molar-refractivity contribution < 1.29 is 17.9 Å². The molecular formula is C23H29N3O4S. The molecule has 1 amide bonds. The predicted molar refractivity (Wildman–Crippen MR) is 122 cm³/mol. The van der Waals surface area contributed by atoms with Gasteiger partial charge in [-0.25, -0.2) is 18.1 Å². The van der Waals surface area contributed by atoms with Crippen molar-refractivity contribution in [3.8, 4) is 5.75 Å². The molecule has 1 aromatic heterocycles. The molecule has 2 N–H and O–H groups in total. The fourth-order valence-electron chi connectivity index (χ4n) is 3.44. The Morgan fingerprint density at radius 1 is 1.10 bits per heavy atom. The van der Waals surface area contributed by atoms with E-state index in [4.69, 9.17) is 4.74 Å².